The first-order valence-corrected chi connectivity index (χ1v) is 8.33. The second kappa shape index (κ2) is 9.76. The van der Waals surface area contributed by atoms with Gasteiger partial charge in [-0.05, 0) is 38.5 Å². The highest BCUT2D eigenvalue weighted by molar-refractivity contribution is 5.84. The molecule has 0 spiro atoms. The Morgan fingerprint density at radius 3 is 2.40 bits per heavy atom. The molecule has 0 bridgehead atoms. The average molecular weight is 350 g/mol. The molecule has 25 heavy (non-hydrogen) atoms. The van der Waals surface area contributed by atoms with Gasteiger partial charge in [-0.2, -0.15) is 0 Å². The third-order valence-corrected chi connectivity index (χ3v) is 3.75. The number of nitrogens with one attached hydrogen (secondary N) is 3. The van der Waals surface area contributed by atoms with Gasteiger partial charge in [-0.15, -0.1) is 0 Å². The van der Waals surface area contributed by atoms with Crippen molar-refractivity contribution in [2.75, 3.05) is 34.4 Å². The van der Waals surface area contributed by atoms with E-state index < -0.39 is 5.41 Å². The van der Waals surface area contributed by atoms with Crippen LogP contribution in [0.2, 0.25) is 0 Å². The highest BCUT2D eigenvalue weighted by atomic mass is 16.5. The normalized spacial score (nSPS) is 11.7. The molecule has 1 amide bonds. The molecule has 1 aromatic rings. The van der Waals surface area contributed by atoms with Crippen molar-refractivity contribution in [1.29, 1.82) is 0 Å². The van der Waals surface area contributed by atoms with Gasteiger partial charge in [-0.3, -0.25) is 4.79 Å². The molecule has 0 atom stereocenters. The second-order valence-corrected chi connectivity index (χ2v) is 6.20. The maximum absolute atomic E-state index is 11.9. The van der Waals surface area contributed by atoms with Crippen LogP contribution in [0.3, 0.4) is 0 Å². The van der Waals surface area contributed by atoms with E-state index in [0.717, 1.165) is 12.1 Å². The summed E-state index contributed by atoms with van der Waals surface area (Å²) in [6.45, 7) is 7.46. The summed E-state index contributed by atoms with van der Waals surface area (Å²) >= 11 is 0. The topological polar surface area (TPSA) is 84.0 Å². The van der Waals surface area contributed by atoms with Crippen LogP contribution in [0.25, 0.3) is 0 Å². The Labute approximate surface area is 150 Å². The van der Waals surface area contributed by atoms with E-state index in [1.165, 1.54) is 0 Å². The lowest BCUT2D eigenvalue weighted by Gasteiger charge is -2.24. The van der Waals surface area contributed by atoms with E-state index in [-0.39, 0.29) is 5.91 Å². The zero-order chi connectivity index (χ0) is 18.9. The van der Waals surface area contributed by atoms with Crippen molar-refractivity contribution < 1.29 is 14.3 Å². The SMILES string of the molecule is CCNC(=NCc1ccc(OC)c(OC)c1)NCC(C)(C)C(=O)NC. The number of carbonyl (C=O) groups excluding carboxylic acids is 1. The number of methoxy groups -OCH3 is 2. The predicted molar refractivity (Wildman–Crippen MR) is 100 cm³/mol. The third kappa shape index (κ3) is 6.17. The van der Waals surface area contributed by atoms with Crippen LogP contribution in [-0.4, -0.2) is 46.2 Å². The molecule has 0 aliphatic heterocycles. The highest BCUT2D eigenvalue weighted by Gasteiger charge is 2.26. The molecular weight excluding hydrogens is 320 g/mol. The van der Waals surface area contributed by atoms with Crippen molar-refractivity contribution in [3.05, 3.63) is 23.8 Å². The number of hydrogen-bond donors (Lipinski definition) is 3. The Morgan fingerprint density at radius 1 is 1.16 bits per heavy atom. The van der Waals surface area contributed by atoms with Gasteiger partial charge in [-0.1, -0.05) is 6.07 Å². The maximum Gasteiger partial charge on any atom is 0.227 e. The van der Waals surface area contributed by atoms with E-state index in [2.05, 4.69) is 20.9 Å². The second-order valence-electron chi connectivity index (χ2n) is 6.20. The lowest BCUT2D eigenvalue weighted by atomic mass is 9.92. The van der Waals surface area contributed by atoms with Gasteiger partial charge in [0.25, 0.3) is 0 Å². The molecule has 0 aliphatic rings. The van der Waals surface area contributed by atoms with E-state index in [1.54, 1.807) is 21.3 Å². The molecular formula is C18H30N4O3. The molecule has 7 heteroatoms. The fourth-order valence-electron chi connectivity index (χ4n) is 2.21. The lowest BCUT2D eigenvalue weighted by Crippen LogP contribution is -2.47. The molecule has 0 heterocycles. The molecule has 0 saturated heterocycles. The minimum Gasteiger partial charge on any atom is -0.493 e. The van der Waals surface area contributed by atoms with Crippen LogP contribution < -0.4 is 25.4 Å². The maximum atomic E-state index is 11.9. The summed E-state index contributed by atoms with van der Waals surface area (Å²) in [4.78, 5) is 16.4. The van der Waals surface area contributed by atoms with E-state index in [4.69, 9.17) is 9.47 Å². The van der Waals surface area contributed by atoms with Crippen LogP contribution in [0.15, 0.2) is 23.2 Å². The summed E-state index contributed by atoms with van der Waals surface area (Å²) in [7, 11) is 4.86. The van der Waals surface area contributed by atoms with Gasteiger partial charge in [0.1, 0.15) is 0 Å². The fourth-order valence-corrected chi connectivity index (χ4v) is 2.21. The largest absolute Gasteiger partial charge is 0.493 e. The van der Waals surface area contributed by atoms with Crippen LogP contribution in [0.1, 0.15) is 26.3 Å². The fraction of sp³-hybridized carbons (Fsp3) is 0.556. The Kier molecular flexibility index (Phi) is 8.04. The number of hydrogen-bond acceptors (Lipinski definition) is 4. The van der Waals surface area contributed by atoms with Gasteiger partial charge in [0, 0.05) is 20.1 Å². The van der Waals surface area contributed by atoms with E-state index in [1.807, 2.05) is 39.0 Å². The number of amides is 1. The average Bonchev–Trinajstić information content (AvgIpc) is 2.62. The number of carbonyl (C=O) groups is 1. The highest BCUT2D eigenvalue weighted by Crippen LogP contribution is 2.27. The van der Waals surface area contributed by atoms with E-state index in [9.17, 15) is 4.79 Å². The van der Waals surface area contributed by atoms with Gasteiger partial charge < -0.3 is 25.4 Å². The number of guanidine groups is 1. The molecule has 0 radical (unpaired) electrons. The first-order valence-electron chi connectivity index (χ1n) is 8.33. The van der Waals surface area contributed by atoms with Crippen molar-refractivity contribution >= 4 is 11.9 Å². The van der Waals surface area contributed by atoms with E-state index in [0.29, 0.717) is 30.5 Å². The van der Waals surface area contributed by atoms with Crippen LogP contribution in [-0.2, 0) is 11.3 Å². The number of benzene rings is 1. The quantitative estimate of drug-likeness (QED) is 0.489. The molecule has 0 saturated carbocycles. The summed E-state index contributed by atoms with van der Waals surface area (Å²) in [6.07, 6.45) is 0. The molecule has 140 valence electrons. The zero-order valence-corrected chi connectivity index (χ0v) is 16.0. The molecule has 0 aromatic heterocycles. The Morgan fingerprint density at radius 2 is 1.84 bits per heavy atom. The zero-order valence-electron chi connectivity index (χ0n) is 16.0. The number of nitrogens with zero attached hydrogens (tertiary/aromatic N) is 1. The van der Waals surface area contributed by atoms with Crippen LogP contribution in [0.4, 0.5) is 0 Å². The Bertz CT molecular complexity index is 600. The Hall–Kier alpha value is -2.44. The molecule has 0 unspecified atom stereocenters. The van der Waals surface area contributed by atoms with Crippen molar-refractivity contribution in [2.24, 2.45) is 10.4 Å². The molecule has 7 nitrogen and oxygen atoms in total. The summed E-state index contributed by atoms with van der Waals surface area (Å²) in [5.74, 6) is 2.01. The van der Waals surface area contributed by atoms with Gasteiger partial charge >= 0.3 is 0 Å². The predicted octanol–water partition coefficient (Wildman–Crippen LogP) is 1.53. The minimum atomic E-state index is -0.533. The van der Waals surface area contributed by atoms with Crippen LogP contribution >= 0.6 is 0 Å². The molecule has 1 aromatic carbocycles. The summed E-state index contributed by atoms with van der Waals surface area (Å²) in [6, 6.07) is 5.71. The first kappa shape index (κ1) is 20.6. The number of rotatable bonds is 8. The van der Waals surface area contributed by atoms with Gasteiger partial charge in [0.15, 0.2) is 17.5 Å². The van der Waals surface area contributed by atoms with Gasteiger partial charge in [-0.25, -0.2) is 4.99 Å². The number of ether oxygens (including phenoxy) is 2. The molecule has 0 fully saturated rings. The third-order valence-electron chi connectivity index (χ3n) is 3.75. The van der Waals surface area contributed by atoms with Crippen LogP contribution in [0, 0.1) is 5.41 Å². The summed E-state index contributed by atoms with van der Waals surface area (Å²) < 4.78 is 10.6. The minimum absolute atomic E-state index is 0.0178. The van der Waals surface area contributed by atoms with Crippen molar-refractivity contribution in [3.63, 3.8) is 0 Å². The van der Waals surface area contributed by atoms with Gasteiger partial charge in [0.05, 0.1) is 26.2 Å². The summed E-state index contributed by atoms with van der Waals surface area (Å²) in [5.41, 5.74) is 0.467. The monoisotopic (exact) mass is 350 g/mol. The van der Waals surface area contributed by atoms with Crippen molar-refractivity contribution in [2.45, 2.75) is 27.3 Å². The number of aliphatic imine (C=N–C) groups is 1. The molecule has 1 rings (SSSR count). The molecule has 0 aliphatic carbocycles. The lowest BCUT2D eigenvalue weighted by molar-refractivity contribution is -0.128. The Balaban J connectivity index is 2.80. The van der Waals surface area contributed by atoms with Crippen molar-refractivity contribution in [3.8, 4) is 11.5 Å². The van der Waals surface area contributed by atoms with Crippen molar-refractivity contribution in [1.82, 2.24) is 16.0 Å². The molecule has 3 N–H and O–H groups in total. The van der Waals surface area contributed by atoms with Gasteiger partial charge in [0.2, 0.25) is 5.91 Å². The standard InChI is InChI=1S/C18H30N4O3/c1-7-20-17(22-12-18(2,3)16(23)19-4)21-11-13-8-9-14(24-5)15(10-13)25-6/h8-10H,7,11-12H2,1-6H3,(H,19,23)(H2,20,21,22). The first-order chi connectivity index (χ1) is 11.9. The summed E-state index contributed by atoms with van der Waals surface area (Å²) in [5, 5.41) is 9.08. The smallest absolute Gasteiger partial charge is 0.227 e. The van der Waals surface area contributed by atoms with Crippen LogP contribution in [0.5, 0.6) is 11.5 Å². The van der Waals surface area contributed by atoms with E-state index >= 15 is 0 Å².